The maximum absolute atomic E-state index is 13.0. The lowest BCUT2D eigenvalue weighted by molar-refractivity contribution is -0.133. The Morgan fingerprint density at radius 3 is 2.69 bits per heavy atom. The second-order valence-corrected chi connectivity index (χ2v) is 8.41. The molecule has 172 valence electrons. The van der Waals surface area contributed by atoms with E-state index in [0.29, 0.717) is 45.1 Å². The zero-order valence-corrected chi connectivity index (χ0v) is 18.9. The first-order valence-electron chi connectivity index (χ1n) is 10.0. The third-order valence-corrected chi connectivity index (χ3v) is 6.20. The maximum atomic E-state index is 13.0. The first-order valence-corrected chi connectivity index (χ1v) is 10.9. The number of benzene rings is 1. The first-order chi connectivity index (χ1) is 15.0. The topological polar surface area (TPSA) is 82.2 Å². The van der Waals surface area contributed by atoms with E-state index in [1.165, 1.54) is 28.4 Å². The van der Waals surface area contributed by atoms with E-state index in [0.717, 1.165) is 9.78 Å². The average molecular weight is 483 g/mol. The van der Waals surface area contributed by atoms with Crippen molar-refractivity contribution in [2.75, 3.05) is 39.3 Å². The van der Waals surface area contributed by atoms with Crippen molar-refractivity contribution in [1.82, 2.24) is 20.0 Å². The molecule has 0 saturated carbocycles. The molecular weight excluding hydrogens is 459 g/mol. The third-order valence-electron chi connectivity index (χ3n) is 5.32. The van der Waals surface area contributed by atoms with Crippen LogP contribution >= 0.6 is 23.7 Å². The van der Waals surface area contributed by atoms with Gasteiger partial charge in [0, 0.05) is 31.1 Å². The van der Waals surface area contributed by atoms with Gasteiger partial charge in [0.2, 0.25) is 5.91 Å². The van der Waals surface area contributed by atoms with Crippen LogP contribution in [0.25, 0.3) is 0 Å². The summed E-state index contributed by atoms with van der Waals surface area (Å²) in [5.74, 6) is -0.454. The normalized spacial score (nSPS) is 18.3. The van der Waals surface area contributed by atoms with E-state index in [2.05, 4.69) is 10.2 Å². The molecule has 8 nitrogen and oxygen atoms in total. The highest BCUT2D eigenvalue weighted by molar-refractivity contribution is 7.09. The smallest absolute Gasteiger partial charge is 0.328 e. The number of rotatable bonds is 8. The van der Waals surface area contributed by atoms with Crippen molar-refractivity contribution in [3.63, 3.8) is 0 Å². The molecule has 0 aliphatic carbocycles. The second-order valence-electron chi connectivity index (χ2n) is 7.38. The van der Waals surface area contributed by atoms with Crippen LogP contribution in [-0.2, 0) is 16.1 Å². The fourth-order valence-electron chi connectivity index (χ4n) is 3.68. The number of halogens is 2. The number of hydrogen-bond donors (Lipinski definition) is 1. The number of nitrogens with zero attached hydrogens (tertiary/aromatic N) is 3. The Morgan fingerprint density at radius 2 is 1.97 bits per heavy atom. The van der Waals surface area contributed by atoms with Crippen molar-refractivity contribution < 1.29 is 23.5 Å². The molecule has 1 aromatic carbocycles. The zero-order valence-electron chi connectivity index (χ0n) is 17.2. The van der Waals surface area contributed by atoms with Crippen LogP contribution in [0.2, 0.25) is 0 Å². The van der Waals surface area contributed by atoms with Crippen molar-refractivity contribution in [3.8, 4) is 5.75 Å². The highest BCUT2D eigenvalue weighted by Gasteiger charge is 2.47. The van der Waals surface area contributed by atoms with E-state index >= 15 is 0 Å². The van der Waals surface area contributed by atoms with Crippen LogP contribution in [0.4, 0.5) is 9.18 Å². The minimum atomic E-state index is -0.586. The lowest BCUT2D eigenvalue weighted by Gasteiger charge is -2.35. The Labute approximate surface area is 195 Å². The van der Waals surface area contributed by atoms with Crippen LogP contribution < -0.4 is 10.1 Å². The number of ether oxygens (including phenoxy) is 1. The van der Waals surface area contributed by atoms with Crippen molar-refractivity contribution in [2.45, 2.75) is 12.6 Å². The Kier molecular flexibility index (Phi) is 8.05. The molecule has 2 fully saturated rings. The molecule has 4 rings (SSSR count). The van der Waals surface area contributed by atoms with Gasteiger partial charge in [0.1, 0.15) is 30.8 Å². The molecule has 1 unspecified atom stereocenters. The summed E-state index contributed by atoms with van der Waals surface area (Å²) in [5.41, 5.74) is 0. The number of amides is 4. The molecule has 11 heteroatoms. The van der Waals surface area contributed by atoms with Crippen LogP contribution in [0, 0.1) is 5.82 Å². The monoisotopic (exact) mass is 482 g/mol. The van der Waals surface area contributed by atoms with Crippen molar-refractivity contribution in [2.24, 2.45) is 0 Å². The van der Waals surface area contributed by atoms with Crippen LogP contribution in [0.15, 0.2) is 41.8 Å². The number of carbonyl (C=O) groups is 3. The fraction of sp³-hybridized carbons (Fsp3) is 0.381. The Balaban J connectivity index is 0.00000289. The van der Waals surface area contributed by atoms with E-state index in [1.807, 2.05) is 17.5 Å². The van der Waals surface area contributed by atoms with Crippen molar-refractivity contribution >= 4 is 41.6 Å². The molecule has 0 radical (unpaired) electrons. The Hall–Kier alpha value is -2.69. The van der Waals surface area contributed by atoms with Crippen LogP contribution in [0.5, 0.6) is 5.75 Å². The van der Waals surface area contributed by atoms with Crippen LogP contribution in [0.3, 0.4) is 0 Å². The minimum Gasteiger partial charge on any atom is -0.492 e. The van der Waals surface area contributed by atoms with Gasteiger partial charge in [-0.15, -0.1) is 23.7 Å². The van der Waals surface area contributed by atoms with E-state index in [1.54, 1.807) is 12.1 Å². The summed E-state index contributed by atoms with van der Waals surface area (Å²) < 4.78 is 18.6. The number of hydrogen-bond acceptors (Lipinski definition) is 6. The summed E-state index contributed by atoms with van der Waals surface area (Å²) >= 11 is 1.53. The highest BCUT2D eigenvalue weighted by Crippen LogP contribution is 2.22. The van der Waals surface area contributed by atoms with Gasteiger partial charge in [-0.3, -0.25) is 19.4 Å². The molecule has 3 heterocycles. The van der Waals surface area contributed by atoms with Gasteiger partial charge in [0.25, 0.3) is 5.91 Å². The Morgan fingerprint density at radius 1 is 1.19 bits per heavy atom. The molecule has 0 bridgehead atoms. The maximum Gasteiger partial charge on any atom is 0.328 e. The highest BCUT2D eigenvalue weighted by atomic mass is 35.5. The molecule has 1 N–H and O–H groups in total. The average Bonchev–Trinajstić information content (AvgIpc) is 3.37. The van der Waals surface area contributed by atoms with Crippen LogP contribution in [-0.4, -0.2) is 77.9 Å². The minimum absolute atomic E-state index is 0. The number of urea groups is 1. The molecule has 1 atom stereocenters. The lowest BCUT2D eigenvalue weighted by Crippen LogP contribution is -2.53. The van der Waals surface area contributed by atoms with Gasteiger partial charge in [-0.2, -0.15) is 0 Å². The molecule has 4 amide bonds. The largest absolute Gasteiger partial charge is 0.492 e. The zero-order chi connectivity index (χ0) is 21.8. The quantitative estimate of drug-likeness (QED) is 0.582. The summed E-state index contributed by atoms with van der Waals surface area (Å²) in [6.45, 7) is 2.48. The van der Waals surface area contributed by atoms with Crippen LogP contribution in [0.1, 0.15) is 4.88 Å². The van der Waals surface area contributed by atoms with E-state index in [9.17, 15) is 18.8 Å². The number of thiophene rings is 1. The number of carbonyl (C=O) groups excluding carboxylic acids is 3. The molecule has 2 aliphatic rings. The first kappa shape index (κ1) is 24.0. The van der Waals surface area contributed by atoms with Crippen molar-refractivity contribution in [3.05, 3.63) is 52.5 Å². The molecule has 32 heavy (non-hydrogen) atoms. The summed E-state index contributed by atoms with van der Waals surface area (Å²) in [6.07, 6.45) is 0. The number of fused-ring (bicyclic) bond motifs is 1. The number of imide groups is 1. The molecular formula is C21H24ClFN4O4S. The molecule has 2 aliphatic heterocycles. The molecule has 2 aromatic rings. The van der Waals surface area contributed by atoms with E-state index < -0.39 is 12.1 Å². The second kappa shape index (κ2) is 10.8. The third kappa shape index (κ3) is 5.56. The summed E-state index contributed by atoms with van der Waals surface area (Å²) in [7, 11) is 0. The van der Waals surface area contributed by atoms with Gasteiger partial charge in [-0.25, -0.2) is 9.18 Å². The predicted octanol–water partition coefficient (Wildman–Crippen LogP) is 1.95. The number of piperazine rings is 1. The van der Waals surface area contributed by atoms with E-state index in [-0.39, 0.29) is 36.6 Å². The predicted molar refractivity (Wildman–Crippen MR) is 119 cm³/mol. The number of nitrogens with one attached hydrogen (secondary N) is 1. The van der Waals surface area contributed by atoms with Gasteiger partial charge >= 0.3 is 6.03 Å². The fourth-order valence-corrected chi connectivity index (χ4v) is 4.32. The van der Waals surface area contributed by atoms with Gasteiger partial charge in [0.05, 0.1) is 6.54 Å². The van der Waals surface area contributed by atoms with Gasteiger partial charge in [0.15, 0.2) is 0 Å². The summed E-state index contributed by atoms with van der Waals surface area (Å²) in [4.78, 5) is 43.3. The Bertz CT molecular complexity index is 944. The van der Waals surface area contributed by atoms with Crippen molar-refractivity contribution in [1.29, 1.82) is 0 Å². The van der Waals surface area contributed by atoms with Gasteiger partial charge < -0.3 is 15.0 Å². The summed E-state index contributed by atoms with van der Waals surface area (Å²) in [5, 5.41) is 4.67. The standard InChI is InChI=1S/C21H23FN4O4S.ClH/c22-15-3-5-16(6-4-15)30-10-9-24-7-8-25-18(13-24)20(28)26(21(25)29)14-19(27)23-12-17-2-1-11-31-17;/h1-6,11,18H,7-10,12-14H2,(H,23,27);1H. The van der Waals surface area contributed by atoms with Gasteiger partial charge in [-0.1, -0.05) is 6.07 Å². The lowest BCUT2D eigenvalue weighted by atomic mass is 10.2. The SMILES string of the molecule is Cl.O=C(CN1C(=O)C2CN(CCOc3ccc(F)cc3)CCN2C1=O)NCc1cccs1. The molecule has 1 aromatic heterocycles. The summed E-state index contributed by atoms with van der Waals surface area (Å²) in [6, 6.07) is 8.60. The van der Waals surface area contributed by atoms with Gasteiger partial charge in [-0.05, 0) is 35.7 Å². The molecule has 2 saturated heterocycles. The molecule has 0 spiro atoms. The van der Waals surface area contributed by atoms with E-state index in [4.69, 9.17) is 4.74 Å².